The molecule has 0 aromatic heterocycles. The number of hydrogen-bond donors (Lipinski definition) is 3. The molecule has 0 spiro atoms. The maximum Gasteiger partial charge on any atom is 0.345 e. The van der Waals surface area contributed by atoms with Crippen LogP contribution in [0.2, 0.25) is 0 Å². The number of ether oxygens (including phenoxy) is 6. The van der Waals surface area contributed by atoms with Crippen molar-refractivity contribution < 1.29 is 58.1 Å². The lowest BCUT2D eigenvalue weighted by atomic mass is 9.74. The Hall–Kier alpha value is -3.39. The Morgan fingerprint density at radius 3 is 2.11 bits per heavy atom. The number of hydrogen-bond acceptors (Lipinski definition) is 12. The number of aliphatic hydroxyl groups excluding tert-OH is 2. The predicted octanol–water partition coefficient (Wildman–Crippen LogP) is 1.85. The number of aliphatic hydroxyl groups is 3. The topological polar surface area (TPSA) is 167 Å². The quantitative estimate of drug-likeness (QED) is 0.205. The summed E-state index contributed by atoms with van der Waals surface area (Å²) in [7, 11) is 1.89. The van der Waals surface area contributed by atoms with Crippen LogP contribution in [-0.2, 0) is 55.8 Å². The van der Waals surface area contributed by atoms with Crippen LogP contribution in [0.25, 0.3) is 0 Å². The number of carbonyl (C=O) groups excluding carboxylic acids is 3. The molecule has 2 heterocycles. The van der Waals surface area contributed by atoms with Gasteiger partial charge in [-0.1, -0.05) is 67.6 Å². The predicted molar refractivity (Wildman–Crippen MR) is 157 cm³/mol. The molecule has 2 aliphatic heterocycles. The second kappa shape index (κ2) is 14.4. The van der Waals surface area contributed by atoms with Crippen LogP contribution in [0.5, 0.6) is 0 Å². The molecule has 0 amide bonds. The Morgan fingerprint density at radius 2 is 1.53 bits per heavy atom. The Morgan fingerprint density at radius 1 is 0.911 bits per heavy atom. The van der Waals surface area contributed by atoms with E-state index < -0.39 is 53.2 Å². The zero-order valence-corrected chi connectivity index (χ0v) is 25.9. The van der Waals surface area contributed by atoms with Crippen molar-refractivity contribution in [2.75, 3.05) is 20.8 Å². The molecule has 246 valence electrons. The Bertz CT molecular complexity index is 1310. The van der Waals surface area contributed by atoms with E-state index in [0.29, 0.717) is 13.0 Å². The fraction of sp³-hybridized carbons (Fsp3) is 0.545. The van der Waals surface area contributed by atoms with E-state index in [4.69, 9.17) is 28.4 Å². The molecule has 2 saturated heterocycles. The van der Waals surface area contributed by atoms with Crippen molar-refractivity contribution in [2.45, 2.75) is 87.5 Å². The Kier molecular flexibility index (Phi) is 11.0. The van der Waals surface area contributed by atoms with Crippen LogP contribution in [-0.4, -0.2) is 95.5 Å². The third kappa shape index (κ3) is 6.35. The molecule has 3 N–H and O–H groups in total. The third-order valence-electron chi connectivity index (χ3n) is 8.61. The molecule has 2 aromatic carbocycles. The van der Waals surface area contributed by atoms with Crippen molar-refractivity contribution in [1.82, 2.24) is 0 Å². The van der Waals surface area contributed by atoms with Crippen molar-refractivity contribution >= 4 is 17.9 Å². The van der Waals surface area contributed by atoms with Crippen molar-refractivity contribution in [3.8, 4) is 0 Å². The largest absolute Gasteiger partial charge is 0.467 e. The average Bonchev–Trinajstić information content (AvgIpc) is 3.25. The van der Waals surface area contributed by atoms with Crippen molar-refractivity contribution in [3.63, 3.8) is 0 Å². The first-order chi connectivity index (χ1) is 21.5. The van der Waals surface area contributed by atoms with Gasteiger partial charge in [0.2, 0.25) is 17.3 Å². The molecule has 12 heteroatoms. The van der Waals surface area contributed by atoms with Gasteiger partial charge in [-0.2, -0.15) is 0 Å². The fourth-order valence-electron chi connectivity index (χ4n) is 6.26. The van der Waals surface area contributed by atoms with Gasteiger partial charge < -0.3 is 43.7 Å². The maximum absolute atomic E-state index is 13.4. The summed E-state index contributed by atoms with van der Waals surface area (Å²) >= 11 is 0. The molecule has 4 rings (SSSR count). The number of benzene rings is 2. The second-order valence-electron chi connectivity index (χ2n) is 11.4. The minimum Gasteiger partial charge on any atom is -0.467 e. The minimum absolute atomic E-state index is 0.0479. The zero-order valence-electron chi connectivity index (χ0n) is 25.9. The molecule has 8 atom stereocenters. The van der Waals surface area contributed by atoms with Gasteiger partial charge in [-0.3, -0.25) is 0 Å². The summed E-state index contributed by atoms with van der Waals surface area (Å²) in [5.41, 5.74) is -4.13. The van der Waals surface area contributed by atoms with Gasteiger partial charge in [-0.25, -0.2) is 14.4 Å². The highest BCUT2D eigenvalue weighted by Crippen LogP contribution is 2.55. The monoisotopic (exact) mass is 630 g/mol. The van der Waals surface area contributed by atoms with Gasteiger partial charge in [0.1, 0.15) is 12.2 Å². The van der Waals surface area contributed by atoms with Crippen LogP contribution in [0, 0.1) is 5.92 Å². The SMILES string of the molecule is CCOC(=O)[C@]12OC(CCC[C@@H](OCc3ccccc3)[C@H](C)Cc3ccccc3)(OC(C(=O)OC)C1(O)C(=O)OC)[C@H](O)[C@H]2O. The van der Waals surface area contributed by atoms with Gasteiger partial charge in [0.05, 0.1) is 33.5 Å². The van der Waals surface area contributed by atoms with Crippen LogP contribution in [0.3, 0.4) is 0 Å². The van der Waals surface area contributed by atoms with E-state index >= 15 is 0 Å². The third-order valence-corrected chi connectivity index (χ3v) is 8.61. The van der Waals surface area contributed by atoms with Crippen LogP contribution in [0.4, 0.5) is 0 Å². The normalized spacial score (nSPS) is 30.2. The maximum atomic E-state index is 13.4. The van der Waals surface area contributed by atoms with Gasteiger partial charge in [-0.05, 0) is 43.2 Å². The van der Waals surface area contributed by atoms with E-state index in [0.717, 1.165) is 31.8 Å². The summed E-state index contributed by atoms with van der Waals surface area (Å²) in [5, 5.41) is 34.4. The first-order valence-corrected chi connectivity index (χ1v) is 15.0. The Balaban J connectivity index is 1.63. The average molecular weight is 631 g/mol. The molecule has 2 bridgehead atoms. The lowest BCUT2D eigenvalue weighted by molar-refractivity contribution is -0.375. The molecule has 2 aliphatic rings. The van der Waals surface area contributed by atoms with E-state index in [9.17, 15) is 29.7 Å². The minimum atomic E-state index is -3.27. The van der Waals surface area contributed by atoms with E-state index in [-0.39, 0.29) is 31.5 Å². The summed E-state index contributed by atoms with van der Waals surface area (Å²) in [6.45, 7) is 3.64. The summed E-state index contributed by atoms with van der Waals surface area (Å²) in [4.78, 5) is 39.4. The summed E-state index contributed by atoms with van der Waals surface area (Å²) in [6, 6.07) is 19.6. The molecule has 2 fully saturated rings. The number of carbonyl (C=O) groups is 3. The van der Waals surface area contributed by atoms with Crippen molar-refractivity contribution in [3.05, 3.63) is 71.8 Å². The van der Waals surface area contributed by atoms with E-state index in [2.05, 4.69) is 6.92 Å². The van der Waals surface area contributed by atoms with Crippen LogP contribution in [0.1, 0.15) is 44.2 Å². The summed E-state index contributed by atoms with van der Waals surface area (Å²) < 4.78 is 32.8. The summed E-state index contributed by atoms with van der Waals surface area (Å²) in [6.07, 6.45) is -5.51. The highest BCUT2D eigenvalue weighted by molar-refractivity contribution is 5.99. The van der Waals surface area contributed by atoms with Crippen LogP contribution in [0.15, 0.2) is 60.7 Å². The van der Waals surface area contributed by atoms with Gasteiger partial charge in [0.25, 0.3) is 0 Å². The van der Waals surface area contributed by atoms with E-state index in [1.54, 1.807) is 0 Å². The van der Waals surface area contributed by atoms with Crippen molar-refractivity contribution in [2.24, 2.45) is 5.92 Å². The molecule has 0 aliphatic carbocycles. The Labute approximate surface area is 262 Å². The van der Waals surface area contributed by atoms with Gasteiger partial charge in [0, 0.05) is 6.42 Å². The molecular formula is C33H42O12. The molecule has 3 unspecified atom stereocenters. The van der Waals surface area contributed by atoms with E-state index in [1.165, 1.54) is 6.92 Å². The highest BCUT2D eigenvalue weighted by atomic mass is 16.8. The lowest BCUT2D eigenvalue weighted by Gasteiger charge is -2.49. The van der Waals surface area contributed by atoms with Gasteiger partial charge >= 0.3 is 17.9 Å². The number of esters is 3. The zero-order chi connectivity index (χ0) is 32.8. The molecule has 0 saturated carbocycles. The standard InChI is InChI=1S/C33H42O12/c1-5-42-30(38)33-26(35)25(34)31(45-33,44-27(28(36)40-3)32(33,39)29(37)41-4)18-12-17-24(43-20-23-15-10-7-11-16-23)21(2)19-22-13-8-6-9-14-22/h6-11,13-16,21,24-27,34-35,39H,5,12,17-20H2,1-4H3/t21-,24-,25-,26-,27?,31?,32?,33+/m1/s1. The number of methoxy groups -OCH3 is 2. The van der Waals surface area contributed by atoms with Gasteiger partial charge in [-0.15, -0.1) is 0 Å². The second-order valence-corrected chi connectivity index (χ2v) is 11.4. The van der Waals surface area contributed by atoms with E-state index in [1.807, 2.05) is 60.7 Å². The first-order valence-electron chi connectivity index (χ1n) is 15.0. The van der Waals surface area contributed by atoms with Crippen molar-refractivity contribution in [1.29, 1.82) is 0 Å². The number of fused-ring (bicyclic) bond motifs is 2. The molecular weight excluding hydrogens is 588 g/mol. The fourth-order valence-corrected chi connectivity index (χ4v) is 6.26. The van der Waals surface area contributed by atoms with Crippen LogP contribution >= 0.6 is 0 Å². The van der Waals surface area contributed by atoms with Gasteiger partial charge in [0.15, 0.2) is 5.79 Å². The lowest BCUT2D eigenvalue weighted by Crippen LogP contribution is -2.78. The smallest absolute Gasteiger partial charge is 0.345 e. The van der Waals surface area contributed by atoms with Crippen LogP contribution < -0.4 is 0 Å². The number of rotatable bonds is 14. The molecule has 45 heavy (non-hydrogen) atoms. The highest BCUT2D eigenvalue weighted by Gasteiger charge is 2.85. The first kappa shape index (κ1) is 34.5. The summed E-state index contributed by atoms with van der Waals surface area (Å²) in [5.74, 6) is -6.34. The molecule has 0 radical (unpaired) electrons. The molecule has 12 nitrogen and oxygen atoms in total. The molecule has 2 aromatic rings.